The Morgan fingerprint density at radius 2 is 1.70 bits per heavy atom. The molecule has 1 aromatic heterocycles. The highest BCUT2D eigenvalue weighted by molar-refractivity contribution is 6.08. The molecule has 0 unspecified atom stereocenters. The van der Waals surface area contributed by atoms with E-state index in [0.717, 1.165) is 6.07 Å². The van der Waals surface area contributed by atoms with Crippen molar-refractivity contribution in [3.05, 3.63) is 71.8 Å². The van der Waals surface area contributed by atoms with E-state index in [1.54, 1.807) is 6.07 Å². The fraction of sp³-hybridized carbons (Fsp3) is 0.0588. The van der Waals surface area contributed by atoms with Crippen molar-refractivity contribution < 1.29 is 33.8 Å². The number of nitrogens with one attached hydrogen (secondary N) is 1. The number of nitrogens with zero attached hydrogens (tertiary/aromatic N) is 1. The van der Waals surface area contributed by atoms with E-state index in [0.29, 0.717) is 12.2 Å². The van der Waals surface area contributed by atoms with Crippen molar-refractivity contribution in [1.29, 1.82) is 0 Å². The molecule has 0 bridgehead atoms. The van der Waals surface area contributed by atoms with Gasteiger partial charge in [0.15, 0.2) is 0 Å². The number of halogens is 1. The first-order valence-corrected chi connectivity index (χ1v) is 7.36. The number of carboxylic acids is 2. The Labute approximate surface area is 152 Å². The number of carboxylic acid groups (broad SMARTS) is 2. The number of carbonyl (C=O) groups excluding carboxylic acids is 2. The van der Waals surface area contributed by atoms with Crippen LogP contribution >= 0.6 is 0 Å². The minimum absolute atomic E-state index is 0.189. The zero-order chi connectivity index (χ0) is 20.4. The minimum Gasteiger partial charge on any atom is -0.478 e. The minimum atomic E-state index is -1.26. The normalized spacial score (nSPS) is 10.0. The monoisotopic (exact) mass is 377 g/mol. The van der Waals surface area contributed by atoms with Gasteiger partial charge in [0, 0.05) is 23.9 Å². The molecule has 0 saturated heterocycles. The number of carbonyl (C=O) groups is 4. The van der Waals surface area contributed by atoms with E-state index < -0.39 is 23.7 Å². The number of ketones is 1. The summed E-state index contributed by atoms with van der Waals surface area (Å²) in [7, 11) is 0. The van der Waals surface area contributed by atoms with Crippen LogP contribution < -0.4 is 11.2 Å². The van der Waals surface area contributed by atoms with Gasteiger partial charge in [0.1, 0.15) is 11.5 Å². The first kappa shape index (κ1) is 21.3. The van der Waals surface area contributed by atoms with Crippen LogP contribution in [0, 0.1) is 5.82 Å². The molecule has 1 heterocycles. The largest absolute Gasteiger partial charge is 0.478 e. The molecule has 10 heteroatoms. The first-order valence-electron chi connectivity index (χ1n) is 7.36. The van der Waals surface area contributed by atoms with Crippen LogP contribution in [-0.4, -0.2) is 45.1 Å². The molecule has 1 amide bonds. The average Bonchev–Trinajstić information content (AvgIpc) is 3.07. The van der Waals surface area contributed by atoms with Gasteiger partial charge in [-0.25, -0.2) is 14.0 Å². The summed E-state index contributed by atoms with van der Waals surface area (Å²) in [5.41, 5.74) is 8.07. The van der Waals surface area contributed by atoms with Gasteiger partial charge in [0.05, 0.1) is 6.54 Å². The highest BCUT2D eigenvalue weighted by Gasteiger charge is 2.14. The van der Waals surface area contributed by atoms with Crippen LogP contribution in [-0.2, 0) is 14.4 Å². The number of hydrogen-bond acceptors (Lipinski definition) is 5. The maximum atomic E-state index is 13.1. The number of rotatable bonds is 6. The second kappa shape index (κ2) is 10.3. The van der Waals surface area contributed by atoms with Gasteiger partial charge in [-0.1, -0.05) is 12.1 Å². The highest BCUT2D eigenvalue weighted by atomic mass is 19.1. The molecular weight excluding hydrogens is 361 g/mol. The van der Waals surface area contributed by atoms with Gasteiger partial charge < -0.3 is 15.9 Å². The van der Waals surface area contributed by atoms with Gasteiger partial charge in [-0.15, -0.1) is 0 Å². The van der Waals surface area contributed by atoms with Crippen LogP contribution in [0.15, 0.2) is 54.7 Å². The summed E-state index contributed by atoms with van der Waals surface area (Å²) >= 11 is 0. The molecule has 0 aliphatic rings. The lowest BCUT2D eigenvalue weighted by Gasteiger charge is -2.09. The van der Waals surface area contributed by atoms with E-state index in [1.807, 2.05) is 0 Å². The predicted molar refractivity (Wildman–Crippen MR) is 92.1 cm³/mol. The number of amides is 1. The third-order valence-corrected chi connectivity index (χ3v) is 2.87. The number of aromatic nitrogens is 1. The second-order valence-corrected chi connectivity index (χ2v) is 4.85. The predicted octanol–water partition coefficient (Wildman–Crippen LogP) is 0.599. The van der Waals surface area contributed by atoms with E-state index in [-0.39, 0.29) is 23.6 Å². The third kappa shape index (κ3) is 7.32. The second-order valence-electron chi connectivity index (χ2n) is 4.85. The standard InChI is InChI=1S/C13H12FN3O2.C4H4O4/c14-10-4-1-3-9(7-10)13(19)11-5-2-6-17(11)16-12(18)8-15;5-3(6)1-2-4(7)8/h1-7H,8,15H2,(H,16,18);1-2H,(H,5,6)(H,7,8). The molecule has 0 spiro atoms. The Morgan fingerprint density at radius 1 is 1.07 bits per heavy atom. The molecule has 142 valence electrons. The molecule has 1 aromatic carbocycles. The van der Waals surface area contributed by atoms with Crippen LogP contribution in [0.3, 0.4) is 0 Å². The lowest BCUT2D eigenvalue weighted by molar-refractivity contribution is -0.134. The van der Waals surface area contributed by atoms with E-state index in [2.05, 4.69) is 5.43 Å². The van der Waals surface area contributed by atoms with Gasteiger partial charge in [-0.05, 0) is 24.3 Å². The summed E-state index contributed by atoms with van der Waals surface area (Å²) in [6, 6.07) is 8.49. The lowest BCUT2D eigenvalue weighted by Crippen LogP contribution is -2.30. The molecule has 0 saturated carbocycles. The molecule has 0 aliphatic heterocycles. The number of nitrogens with two attached hydrogens (primary N) is 1. The van der Waals surface area contributed by atoms with Crippen molar-refractivity contribution >= 4 is 23.6 Å². The van der Waals surface area contributed by atoms with Gasteiger partial charge in [-0.3, -0.25) is 19.7 Å². The summed E-state index contributed by atoms with van der Waals surface area (Å²) in [5.74, 6) is -3.82. The van der Waals surface area contributed by atoms with Gasteiger partial charge in [0.2, 0.25) is 5.78 Å². The molecule has 2 rings (SSSR count). The average molecular weight is 377 g/mol. The fourth-order valence-electron chi connectivity index (χ4n) is 1.76. The Hall–Kier alpha value is -3.79. The topological polar surface area (TPSA) is 152 Å². The van der Waals surface area contributed by atoms with E-state index in [9.17, 15) is 23.6 Å². The van der Waals surface area contributed by atoms with Crippen LogP contribution in [0.1, 0.15) is 16.1 Å². The van der Waals surface area contributed by atoms with Crippen molar-refractivity contribution in [3.63, 3.8) is 0 Å². The van der Waals surface area contributed by atoms with Crippen LogP contribution in [0.5, 0.6) is 0 Å². The smallest absolute Gasteiger partial charge is 0.328 e. The number of aliphatic carboxylic acids is 2. The van der Waals surface area contributed by atoms with Crippen LogP contribution in [0.25, 0.3) is 0 Å². The molecule has 9 nitrogen and oxygen atoms in total. The molecule has 27 heavy (non-hydrogen) atoms. The van der Waals surface area contributed by atoms with Crippen LogP contribution in [0.4, 0.5) is 4.39 Å². The molecule has 5 N–H and O–H groups in total. The van der Waals surface area contributed by atoms with Gasteiger partial charge in [-0.2, -0.15) is 0 Å². The zero-order valence-corrected chi connectivity index (χ0v) is 13.8. The van der Waals surface area contributed by atoms with Gasteiger partial charge >= 0.3 is 11.9 Å². The Balaban J connectivity index is 0.000000387. The molecule has 0 atom stereocenters. The summed E-state index contributed by atoms with van der Waals surface area (Å²) in [6.07, 6.45) is 2.63. The summed E-state index contributed by atoms with van der Waals surface area (Å²) < 4.78 is 14.4. The van der Waals surface area contributed by atoms with Crippen LogP contribution in [0.2, 0.25) is 0 Å². The Kier molecular flexibility index (Phi) is 8.07. The van der Waals surface area contributed by atoms with Crippen molar-refractivity contribution in [1.82, 2.24) is 4.68 Å². The summed E-state index contributed by atoms with van der Waals surface area (Å²) in [6.45, 7) is -0.189. The molecule has 0 aliphatic carbocycles. The first-order chi connectivity index (χ1) is 12.7. The van der Waals surface area contributed by atoms with Crippen molar-refractivity contribution in [2.75, 3.05) is 12.0 Å². The number of hydrogen-bond donors (Lipinski definition) is 4. The number of benzene rings is 1. The van der Waals surface area contributed by atoms with Gasteiger partial charge in [0.25, 0.3) is 5.91 Å². The SMILES string of the molecule is NCC(=O)Nn1cccc1C(=O)c1cccc(F)c1.O=C(O)C=CC(=O)O. The highest BCUT2D eigenvalue weighted by Crippen LogP contribution is 2.11. The maximum absolute atomic E-state index is 13.1. The summed E-state index contributed by atoms with van der Waals surface area (Å²) in [4.78, 5) is 42.5. The Morgan fingerprint density at radius 3 is 2.22 bits per heavy atom. The van der Waals surface area contributed by atoms with E-state index in [1.165, 1.54) is 35.1 Å². The van der Waals surface area contributed by atoms with Crippen molar-refractivity contribution in [2.24, 2.45) is 5.73 Å². The fourth-order valence-corrected chi connectivity index (χ4v) is 1.76. The lowest BCUT2D eigenvalue weighted by atomic mass is 10.1. The molecule has 0 fully saturated rings. The summed E-state index contributed by atoms with van der Waals surface area (Å²) in [5, 5.41) is 15.6. The molecular formula is C17H16FN3O6. The maximum Gasteiger partial charge on any atom is 0.328 e. The zero-order valence-electron chi connectivity index (χ0n) is 13.8. The quantitative estimate of drug-likeness (QED) is 0.425. The third-order valence-electron chi connectivity index (χ3n) is 2.87. The molecule has 0 radical (unpaired) electrons. The molecule has 2 aromatic rings. The van der Waals surface area contributed by atoms with Crippen molar-refractivity contribution in [2.45, 2.75) is 0 Å². The van der Waals surface area contributed by atoms with E-state index in [4.69, 9.17) is 15.9 Å². The Bertz CT molecular complexity index is 859. The van der Waals surface area contributed by atoms with Crippen molar-refractivity contribution in [3.8, 4) is 0 Å². The van der Waals surface area contributed by atoms with E-state index >= 15 is 0 Å².